The number of para-hydroxylation sites is 2. The second kappa shape index (κ2) is 7.83. The van der Waals surface area contributed by atoms with E-state index in [0.717, 1.165) is 23.1 Å². The van der Waals surface area contributed by atoms with Gasteiger partial charge in [-0.05, 0) is 43.2 Å². The molecule has 29 heavy (non-hydrogen) atoms. The lowest BCUT2D eigenvalue weighted by molar-refractivity contribution is -0.143. The van der Waals surface area contributed by atoms with Crippen LogP contribution in [0.15, 0.2) is 59.0 Å². The number of benzene rings is 2. The molecule has 0 N–H and O–H groups in total. The number of furan rings is 1. The molecule has 1 aliphatic heterocycles. The molecule has 3 aromatic rings. The molecule has 0 saturated carbocycles. The fourth-order valence-electron chi connectivity index (χ4n) is 3.65. The van der Waals surface area contributed by atoms with Crippen LogP contribution in [0.25, 0.3) is 17.0 Å². The van der Waals surface area contributed by atoms with Crippen molar-refractivity contribution in [2.75, 3.05) is 18.6 Å². The molecule has 0 fully saturated rings. The molecule has 0 radical (unpaired) electrons. The van der Waals surface area contributed by atoms with E-state index in [9.17, 15) is 9.59 Å². The van der Waals surface area contributed by atoms with Crippen LogP contribution in [0.2, 0.25) is 0 Å². The molecular formula is C23H21NO5. The predicted molar refractivity (Wildman–Crippen MR) is 110 cm³/mol. The summed E-state index contributed by atoms with van der Waals surface area (Å²) in [5.41, 5.74) is 2.62. The maximum Gasteiger partial charge on any atom is 0.331 e. The Morgan fingerprint density at radius 1 is 1.21 bits per heavy atom. The molecule has 1 amide bonds. The minimum atomic E-state index is -0.606. The number of methoxy groups -OCH3 is 1. The summed E-state index contributed by atoms with van der Waals surface area (Å²) in [6.07, 6.45) is 3.56. The van der Waals surface area contributed by atoms with Gasteiger partial charge in [-0.25, -0.2) is 4.79 Å². The maximum absolute atomic E-state index is 12.6. The number of ether oxygens (including phenoxy) is 2. The molecule has 2 heterocycles. The Hall–Kier alpha value is -3.54. The molecule has 1 aromatic heterocycles. The Morgan fingerprint density at radius 2 is 2.03 bits per heavy atom. The van der Waals surface area contributed by atoms with Crippen LogP contribution in [0.4, 0.5) is 5.69 Å². The average Bonchev–Trinajstić information content (AvgIpc) is 3.29. The van der Waals surface area contributed by atoms with E-state index in [4.69, 9.17) is 13.9 Å². The zero-order valence-corrected chi connectivity index (χ0v) is 16.3. The summed E-state index contributed by atoms with van der Waals surface area (Å²) in [5.74, 6) is 0.272. The van der Waals surface area contributed by atoms with Crippen molar-refractivity contribution in [3.05, 3.63) is 65.9 Å². The molecule has 0 aliphatic carbocycles. The van der Waals surface area contributed by atoms with E-state index in [-0.39, 0.29) is 18.6 Å². The van der Waals surface area contributed by atoms with Gasteiger partial charge in [-0.3, -0.25) is 4.79 Å². The van der Waals surface area contributed by atoms with Crippen molar-refractivity contribution in [3.8, 4) is 5.75 Å². The van der Waals surface area contributed by atoms with Crippen molar-refractivity contribution in [3.63, 3.8) is 0 Å². The molecule has 6 heteroatoms. The van der Waals surface area contributed by atoms with Crippen LogP contribution < -0.4 is 9.64 Å². The molecule has 1 unspecified atom stereocenters. The van der Waals surface area contributed by atoms with Gasteiger partial charge in [-0.1, -0.05) is 30.3 Å². The average molecular weight is 391 g/mol. The minimum absolute atomic E-state index is 0.0414. The van der Waals surface area contributed by atoms with Crippen LogP contribution in [0.1, 0.15) is 18.2 Å². The highest BCUT2D eigenvalue weighted by atomic mass is 16.5. The van der Waals surface area contributed by atoms with Crippen molar-refractivity contribution in [2.24, 2.45) is 0 Å². The number of hydrogen-bond acceptors (Lipinski definition) is 5. The van der Waals surface area contributed by atoms with Gasteiger partial charge in [0, 0.05) is 23.2 Å². The largest absolute Gasteiger partial charge is 0.493 e. The zero-order chi connectivity index (χ0) is 20.4. The van der Waals surface area contributed by atoms with E-state index in [0.29, 0.717) is 17.1 Å². The molecule has 0 saturated heterocycles. The summed E-state index contributed by atoms with van der Waals surface area (Å²) < 4.78 is 16.1. The number of carbonyl (C=O) groups is 2. The highest BCUT2D eigenvalue weighted by molar-refractivity contribution is 5.98. The van der Waals surface area contributed by atoms with Gasteiger partial charge in [0.2, 0.25) is 0 Å². The van der Waals surface area contributed by atoms with Crippen molar-refractivity contribution >= 4 is 34.6 Å². The summed E-state index contributed by atoms with van der Waals surface area (Å²) in [5, 5.41) is 0.870. The second-order valence-corrected chi connectivity index (χ2v) is 6.91. The number of rotatable bonds is 5. The van der Waals surface area contributed by atoms with Crippen LogP contribution in [-0.4, -0.2) is 31.6 Å². The van der Waals surface area contributed by atoms with Crippen LogP contribution in [-0.2, 0) is 20.7 Å². The third-order valence-electron chi connectivity index (χ3n) is 4.94. The normalized spacial score (nSPS) is 15.7. The number of esters is 1. The third-order valence-corrected chi connectivity index (χ3v) is 4.94. The van der Waals surface area contributed by atoms with Gasteiger partial charge >= 0.3 is 5.97 Å². The molecule has 2 aromatic carbocycles. The van der Waals surface area contributed by atoms with E-state index >= 15 is 0 Å². The number of anilines is 1. The van der Waals surface area contributed by atoms with Crippen molar-refractivity contribution in [1.82, 2.24) is 0 Å². The third kappa shape index (κ3) is 3.74. The number of carbonyl (C=O) groups excluding carboxylic acids is 2. The number of nitrogens with zero attached hydrogens (tertiary/aromatic N) is 1. The van der Waals surface area contributed by atoms with E-state index < -0.39 is 5.97 Å². The van der Waals surface area contributed by atoms with Crippen LogP contribution in [0.3, 0.4) is 0 Å². The van der Waals surface area contributed by atoms with Crippen LogP contribution in [0.5, 0.6) is 5.75 Å². The molecular weight excluding hydrogens is 370 g/mol. The van der Waals surface area contributed by atoms with Crippen molar-refractivity contribution in [2.45, 2.75) is 19.4 Å². The first-order valence-corrected chi connectivity index (χ1v) is 9.38. The number of amides is 1. The van der Waals surface area contributed by atoms with Gasteiger partial charge < -0.3 is 18.8 Å². The first-order chi connectivity index (χ1) is 14.1. The highest BCUT2D eigenvalue weighted by Crippen LogP contribution is 2.32. The molecule has 0 bridgehead atoms. The summed E-state index contributed by atoms with van der Waals surface area (Å²) >= 11 is 0. The van der Waals surface area contributed by atoms with E-state index in [1.165, 1.54) is 12.2 Å². The molecule has 0 spiro atoms. The Kier molecular flexibility index (Phi) is 5.08. The topological polar surface area (TPSA) is 69.0 Å². The lowest BCUT2D eigenvalue weighted by atomic mass is 10.1. The maximum atomic E-state index is 12.6. The number of hydrogen-bond donors (Lipinski definition) is 0. The summed E-state index contributed by atoms with van der Waals surface area (Å²) in [6, 6.07) is 15.2. The standard InChI is InChI=1S/C23H21NO5/c1-15-12-16-6-3-4-8-19(16)24(15)21(25)14-28-22(26)11-10-18-13-17-7-5-9-20(27-2)23(17)29-18/h3-11,13,15H,12,14H2,1-2H3. The summed E-state index contributed by atoms with van der Waals surface area (Å²) in [7, 11) is 1.57. The van der Waals surface area contributed by atoms with Gasteiger partial charge in [0.25, 0.3) is 5.91 Å². The summed E-state index contributed by atoms with van der Waals surface area (Å²) in [6.45, 7) is 1.67. The minimum Gasteiger partial charge on any atom is -0.493 e. The SMILES string of the molecule is COc1cccc2cc(C=CC(=O)OCC(=O)N3c4ccccc4CC3C)oc12. The van der Waals surface area contributed by atoms with Crippen molar-refractivity contribution in [1.29, 1.82) is 0 Å². The second-order valence-electron chi connectivity index (χ2n) is 6.91. The van der Waals surface area contributed by atoms with E-state index in [1.807, 2.05) is 43.3 Å². The number of fused-ring (bicyclic) bond motifs is 2. The Bertz CT molecular complexity index is 1100. The quantitative estimate of drug-likeness (QED) is 0.486. The smallest absolute Gasteiger partial charge is 0.331 e. The Morgan fingerprint density at radius 3 is 2.86 bits per heavy atom. The fourth-order valence-corrected chi connectivity index (χ4v) is 3.65. The summed E-state index contributed by atoms with van der Waals surface area (Å²) in [4.78, 5) is 26.3. The van der Waals surface area contributed by atoms with Gasteiger partial charge in [0.05, 0.1) is 7.11 Å². The highest BCUT2D eigenvalue weighted by Gasteiger charge is 2.30. The molecule has 4 rings (SSSR count). The van der Waals surface area contributed by atoms with Gasteiger partial charge in [0.1, 0.15) is 5.76 Å². The molecule has 6 nitrogen and oxygen atoms in total. The monoisotopic (exact) mass is 391 g/mol. The van der Waals surface area contributed by atoms with Crippen LogP contribution in [0, 0.1) is 0 Å². The van der Waals surface area contributed by atoms with Crippen molar-refractivity contribution < 1.29 is 23.5 Å². The predicted octanol–water partition coefficient (Wildman–Crippen LogP) is 3.98. The fraction of sp³-hybridized carbons (Fsp3) is 0.217. The van der Waals surface area contributed by atoms with E-state index in [2.05, 4.69) is 0 Å². The van der Waals surface area contributed by atoms with Gasteiger partial charge in [-0.15, -0.1) is 0 Å². The van der Waals surface area contributed by atoms with Gasteiger partial charge in [-0.2, -0.15) is 0 Å². The van der Waals surface area contributed by atoms with Crippen LogP contribution >= 0.6 is 0 Å². The zero-order valence-electron chi connectivity index (χ0n) is 16.3. The molecule has 1 aliphatic rings. The van der Waals surface area contributed by atoms with Gasteiger partial charge in [0.15, 0.2) is 17.9 Å². The lowest BCUT2D eigenvalue weighted by Gasteiger charge is -2.22. The van der Waals surface area contributed by atoms with E-state index in [1.54, 1.807) is 24.1 Å². The Balaban J connectivity index is 1.38. The Labute approximate surface area is 168 Å². The first kappa shape index (κ1) is 18.8. The lowest BCUT2D eigenvalue weighted by Crippen LogP contribution is -2.38. The first-order valence-electron chi connectivity index (χ1n) is 9.38. The molecule has 1 atom stereocenters. The molecule has 148 valence electrons.